The van der Waals surface area contributed by atoms with E-state index in [1.54, 1.807) is 6.33 Å². The molecule has 0 atom stereocenters. The number of aromatic nitrogens is 4. The van der Waals surface area contributed by atoms with Gasteiger partial charge < -0.3 is 10.3 Å². The van der Waals surface area contributed by atoms with Crippen LogP contribution in [0, 0.1) is 12.3 Å². The van der Waals surface area contributed by atoms with Crippen molar-refractivity contribution in [3.8, 4) is 12.3 Å². The van der Waals surface area contributed by atoms with Gasteiger partial charge >= 0.3 is 0 Å². The summed E-state index contributed by atoms with van der Waals surface area (Å²) in [6.45, 7) is 0.664. The van der Waals surface area contributed by atoms with Crippen molar-refractivity contribution in [2.24, 2.45) is 0 Å². The lowest BCUT2D eigenvalue weighted by molar-refractivity contribution is 0.814. The lowest BCUT2D eigenvalue weighted by atomic mass is 10.2. The van der Waals surface area contributed by atoms with Crippen LogP contribution in [0.15, 0.2) is 36.7 Å². The average molecular weight is 249 g/mol. The topological polar surface area (TPSA) is 69.6 Å². The van der Waals surface area contributed by atoms with Gasteiger partial charge in [0.25, 0.3) is 0 Å². The molecule has 0 radical (unpaired) electrons. The number of nitrogen functional groups attached to an aromatic ring is 1. The number of hydrogen-bond acceptors (Lipinski definition) is 4. The van der Waals surface area contributed by atoms with Crippen LogP contribution in [0.5, 0.6) is 0 Å². The van der Waals surface area contributed by atoms with Gasteiger partial charge in [0.2, 0.25) is 5.95 Å². The molecule has 0 saturated heterocycles. The fraction of sp³-hybridized carbons (Fsp3) is 0.0714. The maximum Gasteiger partial charge on any atom is 0.223 e. The van der Waals surface area contributed by atoms with Gasteiger partial charge in [-0.1, -0.05) is 30.3 Å². The van der Waals surface area contributed by atoms with E-state index in [-0.39, 0.29) is 5.95 Å². The van der Waals surface area contributed by atoms with Crippen molar-refractivity contribution in [3.63, 3.8) is 0 Å². The molecule has 0 aliphatic carbocycles. The van der Waals surface area contributed by atoms with E-state index in [1.165, 1.54) is 0 Å². The fourth-order valence-electron chi connectivity index (χ4n) is 1.96. The summed E-state index contributed by atoms with van der Waals surface area (Å²) in [6, 6.07) is 10.0. The summed E-state index contributed by atoms with van der Waals surface area (Å²) in [4.78, 5) is 12.5. The number of anilines is 1. The van der Waals surface area contributed by atoms with Crippen molar-refractivity contribution in [3.05, 3.63) is 47.9 Å². The Hall–Kier alpha value is -2.87. The van der Waals surface area contributed by atoms with E-state index in [0.717, 1.165) is 5.56 Å². The number of imidazole rings is 1. The van der Waals surface area contributed by atoms with Crippen LogP contribution < -0.4 is 5.73 Å². The summed E-state index contributed by atoms with van der Waals surface area (Å²) in [5, 5.41) is 0. The second kappa shape index (κ2) is 4.42. The van der Waals surface area contributed by atoms with E-state index in [0.29, 0.717) is 23.4 Å². The van der Waals surface area contributed by atoms with Gasteiger partial charge in [-0.15, -0.1) is 6.42 Å². The zero-order valence-electron chi connectivity index (χ0n) is 10.1. The summed E-state index contributed by atoms with van der Waals surface area (Å²) in [6.07, 6.45) is 7.10. The van der Waals surface area contributed by atoms with Gasteiger partial charge in [-0.05, 0) is 11.5 Å². The van der Waals surface area contributed by atoms with Gasteiger partial charge in [-0.25, -0.2) is 9.97 Å². The third-order valence-corrected chi connectivity index (χ3v) is 2.81. The molecule has 3 rings (SSSR count). The Kier molecular flexibility index (Phi) is 2.62. The van der Waals surface area contributed by atoms with Crippen molar-refractivity contribution in [2.75, 3.05) is 5.73 Å². The van der Waals surface area contributed by atoms with Gasteiger partial charge in [-0.2, -0.15) is 4.98 Å². The first-order valence-corrected chi connectivity index (χ1v) is 5.77. The summed E-state index contributed by atoms with van der Waals surface area (Å²) < 4.78 is 1.91. The molecule has 5 heteroatoms. The molecule has 2 aromatic heterocycles. The third-order valence-electron chi connectivity index (χ3n) is 2.81. The largest absolute Gasteiger partial charge is 0.368 e. The summed E-state index contributed by atoms with van der Waals surface area (Å²) in [7, 11) is 0. The molecule has 0 unspecified atom stereocenters. The van der Waals surface area contributed by atoms with E-state index in [2.05, 4.69) is 20.9 Å². The second-order valence-electron chi connectivity index (χ2n) is 4.11. The van der Waals surface area contributed by atoms with Crippen LogP contribution in [0.2, 0.25) is 0 Å². The normalized spacial score (nSPS) is 10.5. The quantitative estimate of drug-likeness (QED) is 0.698. The van der Waals surface area contributed by atoms with Crippen molar-refractivity contribution in [2.45, 2.75) is 6.54 Å². The minimum Gasteiger partial charge on any atom is -0.368 e. The molecule has 0 aliphatic heterocycles. The van der Waals surface area contributed by atoms with Crippen LogP contribution >= 0.6 is 0 Å². The molecule has 0 aliphatic rings. The van der Waals surface area contributed by atoms with Crippen molar-refractivity contribution in [1.82, 2.24) is 19.5 Å². The van der Waals surface area contributed by atoms with Gasteiger partial charge in [0.05, 0.1) is 12.9 Å². The van der Waals surface area contributed by atoms with E-state index in [9.17, 15) is 0 Å². The first kappa shape index (κ1) is 11.2. The molecule has 0 bridgehead atoms. The highest BCUT2D eigenvalue weighted by atomic mass is 15.1. The third kappa shape index (κ3) is 2.00. The molecule has 5 nitrogen and oxygen atoms in total. The number of nitrogens with two attached hydrogens (primary N) is 1. The van der Waals surface area contributed by atoms with Crippen LogP contribution in [-0.2, 0) is 6.54 Å². The van der Waals surface area contributed by atoms with Crippen LogP contribution in [0.1, 0.15) is 11.3 Å². The highest BCUT2D eigenvalue weighted by Crippen LogP contribution is 2.16. The van der Waals surface area contributed by atoms with Crippen LogP contribution in [0.3, 0.4) is 0 Å². The molecule has 3 aromatic rings. The molecule has 92 valence electrons. The summed E-state index contributed by atoms with van der Waals surface area (Å²) >= 11 is 0. The van der Waals surface area contributed by atoms with Gasteiger partial charge in [0.15, 0.2) is 5.65 Å². The molecule has 2 heterocycles. The molecular weight excluding hydrogens is 238 g/mol. The molecule has 0 saturated carbocycles. The lowest BCUT2D eigenvalue weighted by Gasteiger charge is -2.04. The summed E-state index contributed by atoms with van der Waals surface area (Å²) in [5.74, 6) is 2.64. The standard InChI is InChI=1S/C14H11N5/c1-2-11-12-13(18-14(15)17-11)19(9-16-12)8-10-6-4-3-5-7-10/h1,3-7,9H,8H2,(H2,15,17,18). The predicted octanol–water partition coefficient (Wildman–Crippen LogP) is 1.44. The number of benzene rings is 1. The predicted molar refractivity (Wildman–Crippen MR) is 73.2 cm³/mol. The van der Waals surface area contributed by atoms with E-state index in [4.69, 9.17) is 12.2 Å². The van der Waals surface area contributed by atoms with Crippen LogP contribution in [-0.4, -0.2) is 19.5 Å². The number of hydrogen-bond donors (Lipinski definition) is 1. The Morgan fingerprint density at radius 1 is 1.21 bits per heavy atom. The van der Waals surface area contributed by atoms with E-state index < -0.39 is 0 Å². The molecule has 1 aromatic carbocycles. The van der Waals surface area contributed by atoms with Gasteiger partial charge in [0.1, 0.15) is 11.2 Å². The minimum atomic E-state index is 0.162. The first-order valence-electron chi connectivity index (χ1n) is 5.77. The Balaban J connectivity index is 2.11. The Morgan fingerprint density at radius 3 is 2.74 bits per heavy atom. The molecule has 0 fully saturated rings. The SMILES string of the molecule is C#Cc1nc(N)nc2c1ncn2Cc1ccccc1. The summed E-state index contributed by atoms with van der Waals surface area (Å²) in [5.41, 5.74) is 8.50. The number of rotatable bonds is 2. The van der Waals surface area contributed by atoms with Crippen molar-refractivity contribution >= 4 is 17.1 Å². The Bertz CT molecular complexity index is 768. The minimum absolute atomic E-state index is 0.162. The number of fused-ring (bicyclic) bond motifs is 1. The highest BCUT2D eigenvalue weighted by molar-refractivity contribution is 5.77. The molecular formula is C14H11N5. The van der Waals surface area contributed by atoms with E-state index in [1.807, 2.05) is 34.9 Å². The highest BCUT2D eigenvalue weighted by Gasteiger charge is 2.10. The second-order valence-corrected chi connectivity index (χ2v) is 4.11. The van der Waals surface area contributed by atoms with Crippen molar-refractivity contribution < 1.29 is 0 Å². The molecule has 2 N–H and O–H groups in total. The Morgan fingerprint density at radius 2 is 2.00 bits per heavy atom. The first-order chi connectivity index (χ1) is 9.28. The lowest BCUT2D eigenvalue weighted by Crippen LogP contribution is -2.03. The zero-order valence-corrected chi connectivity index (χ0v) is 10.1. The van der Waals surface area contributed by atoms with Crippen LogP contribution in [0.4, 0.5) is 5.95 Å². The molecule has 0 spiro atoms. The monoisotopic (exact) mass is 249 g/mol. The number of nitrogens with zero attached hydrogens (tertiary/aromatic N) is 4. The maximum atomic E-state index is 5.66. The number of terminal acetylenes is 1. The average Bonchev–Trinajstić information content (AvgIpc) is 2.82. The van der Waals surface area contributed by atoms with Gasteiger partial charge in [-0.3, -0.25) is 0 Å². The Labute approximate surface area is 110 Å². The molecule has 19 heavy (non-hydrogen) atoms. The van der Waals surface area contributed by atoms with E-state index >= 15 is 0 Å². The van der Waals surface area contributed by atoms with Gasteiger partial charge in [0, 0.05) is 0 Å². The smallest absolute Gasteiger partial charge is 0.223 e. The zero-order chi connectivity index (χ0) is 13.2. The van der Waals surface area contributed by atoms with Crippen LogP contribution in [0.25, 0.3) is 11.2 Å². The van der Waals surface area contributed by atoms with Crippen molar-refractivity contribution in [1.29, 1.82) is 0 Å². The maximum absolute atomic E-state index is 5.66. The fourth-order valence-corrected chi connectivity index (χ4v) is 1.96. The molecule has 0 amide bonds.